The Labute approximate surface area is 117 Å². The second-order valence-corrected chi connectivity index (χ2v) is 4.31. The first-order valence-electron chi connectivity index (χ1n) is 6.16. The van der Waals surface area contributed by atoms with Crippen molar-refractivity contribution in [2.75, 3.05) is 14.2 Å². The first-order valence-corrected chi connectivity index (χ1v) is 6.16. The maximum atomic E-state index is 5.69. The van der Waals surface area contributed by atoms with E-state index in [9.17, 15) is 0 Å². The summed E-state index contributed by atoms with van der Waals surface area (Å²) in [5.41, 5.74) is 5.60. The van der Waals surface area contributed by atoms with Crippen LogP contribution < -0.4 is 20.7 Å². The van der Waals surface area contributed by atoms with Gasteiger partial charge in [-0.2, -0.15) is 0 Å². The van der Waals surface area contributed by atoms with Crippen LogP contribution in [0.4, 0.5) is 0 Å². The van der Waals surface area contributed by atoms with Crippen molar-refractivity contribution in [2.24, 2.45) is 5.84 Å². The lowest BCUT2D eigenvalue weighted by Crippen LogP contribution is -2.30. The van der Waals surface area contributed by atoms with Gasteiger partial charge >= 0.3 is 0 Å². The minimum atomic E-state index is -0.238. The lowest BCUT2D eigenvalue weighted by molar-refractivity contribution is 0.395. The molecule has 0 saturated carbocycles. The monoisotopic (exact) mass is 274 g/mol. The number of ether oxygens (including phenoxy) is 2. The number of aryl methyl sites for hydroxylation is 1. The largest absolute Gasteiger partial charge is 0.497 e. The predicted molar refractivity (Wildman–Crippen MR) is 75.5 cm³/mol. The Balaban J connectivity index is 2.41. The van der Waals surface area contributed by atoms with Gasteiger partial charge in [0.15, 0.2) is 0 Å². The molecule has 2 aromatic rings. The van der Waals surface area contributed by atoms with Crippen LogP contribution in [0, 0.1) is 6.92 Å². The van der Waals surface area contributed by atoms with E-state index in [0.717, 1.165) is 22.6 Å². The molecule has 0 aliphatic heterocycles. The van der Waals surface area contributed by atoms with Crippen LogP contribution in [-0.2, 0) is 0 Å². The average molecular weight is 274 g/mol. The Morgan fingerprint density at radius 1 is 1.15 bits per heavy atom. The number of methoxy groups -OCH3 is 2. The van der Waals surface area contributed by atoms with Crippen molar-refractivity contribution in [3.8, 4) is 11.6 Å². The van der Waals surface area contributed by atoms with Crippen molar-refractivity contribution in [1.82, 2.24) is 15.4 Å². The lowest BCUT2D eigenvalue weighted by Gasteiger charge is -2.18. The third kappa shape index (κ3) is 2.87. The lowest BCUT2D eigenvalue weighted by atomic mass is 9.98. The van der Waals surface area contributed by atoms with Gasteiger partial charge in [-0.15, -0.1) is 0 Å². The topological polar surface area (TPSA) is 82.3 Å². The molecule has 0 radical (unpaired) electrons. The summed E-state index contributed by atoms with van der Waals surface area (Å²) in [5, 5.41) is 0. The summed E-state index contributed by atoms with van der Waals surface area (Å²) >= 11 is 0. The molecule has 0 aliphatic rings. The molecule has 106 valence electrons. The zero-order valence-corrected chi connectivity index (χ0v) is 11.8. The zero-order chi connectivity index (χ0) is 14.5. The molecule has 1 unspecified atom stereocenters. The Morgan fingerprint density at radius 2 is 1.95 bits per heavy atom. The number of rotatable bonds is 5. The van der Waals surface area contributed by atoms with E-state index >= 15 is 0 Å². The van der Waals surface area contributed by atoms with Crippen LogP contribution in [0.3, 0.4) is 0 Å². The Bertz CT molecular complexity index is 589. The van der Waals surface area contributed by atoms with Crippen molar-refractivity contribution < 1.29 is 9.47 Å². The SMILES string of the molecule is COc1ccc(C(NN)c2cc(OC)ncn2)c(C)c1. The van der Waals surface area contributed by atoms with Gasteiger partial charge in [-0.1, -0.05) is 6.07 Å². The number of benzene rings is 1. The zero-order valence-electron chi connectivity index (χ0n) is 11.8. The molecule has 0 aliphatic carbocycles. The van der Waals surface area contributed by atoms with Crippen LogP contribution in [0.5, 0.6) is 11.6 Å². The normalized spacial score (nSPS) is 12.0. The minimum Gasteiger partial charge on any atom is -0.497 e. The number of hydrogen-bond donors (Lipinski definition) is 2. The average Bonchev–Trinajstić information content (AvgIpc) is 2.49. The summed E-state index contributed by atoms with van der Waals surface area (Å²) in [4.78, 5) is 8.25. The molecule has 6 heteroatoms. The summed E-state index contributed by atoms with van der Waals surface area (Å²) in [5.74, 6) is 6.99. The van der Waals surface area contributed by atoms with Gasteiger partial charge < -0.3 is 9.47 Å². The molecule has 1 heterocycles. The van der Waals surface area contributed by atoms with Crippen LogP contribution >= 0.6 is 0 Å². The molecule has 0 spiro atoms. The second kappa shape index (κ2) is 6.31. The fraction of sp³-hybridized carbons (Fsp3) is 0.286. The highest BCUT2D eigenvalue weighted by Gasteiger charge is 2.17. The van der Waals surface area contributed by atoms with Crippen LogP contribution in [-0.4, -0.2) is 24.2 Å². The van der Waals surface area contributed by atoms with E-state index in [1.54, 1.807) is 20.3 Å². The molecule has 0 fully saturated rings. The minimum absolute atomic E-state index is 0.238. The van der Waals surface area contributed by atoms with Gasteiger partial charge in [-0.05, 0) is 30.2 Å². The Morgan fingerprint density at radius 3 is 2.55 bits per heavy atom. The van der Waals surface area contributed by atoms with E-state index < -0.39 is 0 Å². The highest BCUT2D eigenvalue weighted by molar-refractivity contribution is 5.40. The molecule has 1 atom stereocenters. The van der Waals surface area contributed by atoms with Crippen molar-refractivity contribution in [2.45, 2.75) is 13.0 Å². The molecule has 0 bridgehead atoms. The van der Waals surface area contributed by atoms with Gasteiger partial charge in [0.25, 0.3) is 0 Å². The number of hydrogen-bond acceptors (Lipinski definition) is 6. The highest BCUT2D eigenvalue weighted by atomic mass is 16.5. The number of nitrogens with two attached hydrogens (primary N) is 1. The molecular weight excluding hydrogens is 256 g/mol. The molecule has 1 aromatic heterocycles. The van der Waals surface area contributed by atoms with Crippen molar-refractivity contribution in [3.05, 3.63) is 47.4 Å². The predicted octanol–water partition coefficient (Wildman–Crippen LogP) is 1.35. The highest BCUT2D eigenvalue weighted by Crippen LogP contribution is 2.26. The van der Waals surface area contributed by atoms with E-state index in [2.05, 4.69) is 15.4 Å². The first-order chi connectivity index (χ1) is 9.69. The fourth-order valence-corrected chi connectivity index (χ4v) is 2.06. The molecule has 1 aromatic carbocycles. The van der Waals surface area contributed by atoms with E-state index in [-0.39, 0.29) is 6.04 Å². The summed E-state index contributed by atoms with van der Waals surface area (Å²) in [6.45, 7) is 2.00. The van der Waals surface area contributed by atoms with Gasteiger partial charge in [0.1, 0.15) is 12.1 Å². The van der Waals surface area contributed by atoms with Crippen LogP contribution in [0.25, 0.3) is 0 Å². The molecule has 3 N–H and O–H groups in total. The molecular formula is C14H18N4O2. The van der Waals surface area contributed by atoms with E-state index in [4.69, 9.17) is 15.3 Å². The molecule has 2 rings (SSSR count). The first kappa shape index (κ1) is 14.2. The molecule has 0 saturated heterocycles. The van der Waals surface area contributed by atoms with Gasteiger partial charge in [-0.25, -0.2) is 15.4 Å². The smallest absolute Gasteiger partial charge is 0.216 e. The quantitative estimate of drug-likeness (QED) is 0.632. The third-order valence-electron chi connectivity index (χ3n) is 3.12. The number of nitrogens with zero attached hydrogens (tertiary/aromatic N) is 2. The van der Waals surface area contributed by atoms with Crippen molar-refractivity contribution >= 4 is 0 Å². The summed E-state index contributed by atoms with van der Waals surface area (Å²) < 4.78 is 10.3. The summed E-state index contributed by atoms with van der Waals surface area (Å²) in [6.07, 6.45) is 1.46. The molecule has 6 nitrogen and oxygen atoms in total. The van der Waals surface area contributed by atoms with E-state index in [0.29, 0.717) is 5.88 Å². The van der Waals surface area contributed by atoms with Crippen molar-refractivity contribution in [3.63, 3.8) is 0 Å². The van der Waals surface area contributed by atoms with Gasteiger partial charge in [0, 0.05) is 6.07 Å². The maximum absolute atomic E-state index is 5.69. The molecule has 0 amide bonds. The fourth-order valence-electron chi connectivity index (χ4n) is 2.06. The van der Waals surface area contributed by atoms with Gasteiger partial charge in [-0.3, -0.25) is 5.84 Å². The van der Waals surface area contributed by atoms with E-state index in [1.165, 1.54) is 6.33 Å². The van der Waals surface area contributed by atoms with E-state index in [1.807, 2.05) is 25.1 Å². The van der Waals surface area contributed by atoms with Crippen LogP contribution in [0.1, 0.15) is 22.9 Å². The van der Waals surface area contributed by atoms with Crippen LogP contribution in [0.15, 0.2) is 30.6 Å². The summed E-state index contributed by atoms with van der Waals surface area (Å²) in [6, 6.07) is 7.34. The van der Waals surface area contributed by atoms with Crippen molar-refractivity contribution in [1.29, 1.82) is 0 Å². The number of aromatic nitrogens is 2. The second-order valence-electron chi connectivity index (χ2n) is 4.31. The van der Waals surface area contributed by atoms with Gasteiger partial charge in [0.05, 0.1) is 26.0 Å². The van der Waals surface area contributed by atoms with Crippen LogP contribution in [0.2, 0.25) is 0 Å². The Kier molecular flexibility index (Phi) is 4.49. The summed E-state index contributed by atoms with van der Waals surface area (Å²) in [7, 11) is 3.21. The number of hydrazine groups is 1. The maximum Gasteiger partial charge on any atom is 0.216 e. The third-order valence-corrected chi connectivity index (χ3v) is 3.12. The standard InChI is InChI=1S/C14H18N4O2/c1-9-6-10(19-2)4-5-11(9)14(18-15)12-7-13(20-3)17-8-16-12/h4-8,14,18H,15H2,1-3H3. The molecule has 20 heavy (non-hydrogen) atoms. The number of nitrogens with one attached hydrogen (secondary N) is 1. The Hall–Kier alpha value is -2.18. The van der Waals surface area contributed by atoms with Gasteiger partial charge in [0.2, 0.25) is 5.88 Å².